The van der Waals surface area contributed by atoms with Crippen LogP contribution in [0.1, 0.15) is 18.1 Å². The summed E-state index contributed by atoms with van der Waals surface area (Å²) in [6.07, 6.45) is 4.36. The topological polar surface area (TPSA) is 61.0 Å². The zero-order valence-electron chi connectivity index (χ0n) is 9.97. The molecule has 0 aliphatic carbocycles. The van der Waals surface area contributed by atoms with E-state index in [0.717, 1.165) is 12.0 Å². The Labute approximate surface area is 100 Å². The van der Waals surface area contributed by atoms with Crippen LogP contribution in [0.2, 0.25) is 0 Å². The summed E-state index contributed by atoms with van der Waals surface area (Å²) in [4.78, 5) is 8.14. The van der Waals surface area contributed by atoms with Crippen molar-refractivity contribution in [1.82, 2.24) is 9.97 Å². The smallest absolute Gasteiger partial charge is 0.321 e. The van der Waals surface area contributed by atoms with Crippen molar-refractivity contribution in [3.8, 4) is 11.8 Å². The molecule has 1 aromatic heterocycles. The van der Waals surface area contributed by atoms with Crippen LogP contribution >= 0.6 is 0 Å². The molecule has 0 unspecified atom stereocenters. The molecule has 0 spiro atoms. The summed E-state index contributed by atoms with van der Waals surface area (Å²) in [5.41, 5.74) is 8.67. The highest BCUT2D eigenvalue weighted by Crippen LogP contribution is 2.26. The van der Waals surface area contributed by atoms with Gasteiger partial charge in [-0.15, -0.1) is 0 Å². The standard InChI is InChI=1S/C13H15N3O/c1-3-10-4-5-12(11(14)6-10)17-13-15-7-9(2)8-16-13/h4-8H,3,14H2,1-2H3. The molecule has 2 rings (SSSR count). The Balaban J connectivity index is 2.21. The van der Waals surface area contributed by atoms with E-state index in [0.29, 0.717) is 17.4 Å². The van der Waals surface area contributed by atoms with Crippen molar-refractivity contribution in [3.63, 3.8) is 0 Å². The molecule has 0 aliphatic rings. The summed E-state index contributed by atoms with van der Waals surface area (Å²) in [5.74, 6) is 0.589. The molecule has 88 valence electrons. The molecule has 17 heavy (non-hydrogen) atoms. The molecule has 0 aliphatic heterocycles. The molecule has 2 aromatic rings. The van der Waals surface area contributed by atoms with Gasteiger partial charge in [0.05, 0.1) is 5.69 Å². The van der Waals surface area contributed by atoms with Crippen molar-refractivity contribution in [1.29, 1.82) is 0 Å². The number of nitrogen functional groups attached to an aromatic ring is 1. The van der Waals surface area contributed by atoms with Crippen molar-refractivity contribution < 1.29 is 4.74 Å². The lowest BCUT2D eigenvalue weighted by molar-refractivity contribution is 0.443. The molecule has 1 heterocycles. The van der Waals surface area contributed by atoms with Crippen molar-refractivity contribution in [2.24, 2.45) is 0 Å². The zero-order valence-corrected chi connectivity index (χ0v) is 9.97. The Morgan fingerprint density at radius 3 is 2.53 bits per heavy atom. The first-order chi connectivity index (χ1) is 8.19. The van der Waals surface area contributed by atoms with Crippen LogP contribution in [0.15, 0.2) is 30.6 Å². The number of benzene rings is 1. The molecule has 0 atom stereocenters. The molecule has 0 saturated heterocycles. The molecule has 4 heteroatoms. The number of aromatic nitrogens is 2. The SMILES string of the molecule is CCc1ccc(Oc2ncc(C)cn2)c(N)c1. The summed E-state index contributed by atoms with van der Waals surface area (Å²) in [5, 5.41) is 0. The number of rotatable bonds is 3. The Morgan fingerprint density at radius 1 is 1.24 bits per heavy atom. The van der Waals surface area contributed by atoms with Gasteiger partial charge >= 0.3 is 6.01 Å². The normalized spacial score (nSPS) is 10.2. The van der Waals surface area contributed by atoms with Crippen LogP contribution in [0.3, 0.4) is 0 Å². The second kappa shape index (κ2) is 4.82. The fourth-order valence-electron chi connectivity index (χ4n) is 1.44. The lowest BCUT2D eigenvalue weighted by Gasteiger charge is -2.07. The molecule has 0 fully saturated rings. The van der Waals surface area contributed by atoms with Crippen molar-refractivity contribution in [2.75, 3.05) is 5.73 Å². The van der Waals surface area contributed by atoms with Gasteiger partial charge in [0, 0.05) is 12.4 Å². The van der Waals surface area contributed by atoms with Crippen LogP contribution < -0.4 is 10.5 Å². The summed E-state index contributed by atoms with van der Waals surface area (Å²) in [6.45, 7) is 4.01. The molecular weight excluding hydrogens is 214 g/mol. The van der Waals surface area contributed by atoms with E-state index in [1.165, 1.54) is 5.56 Å². The predicted octanol–water partition coefficient (Wildman–Crippen LogP) is 2.72. The third kappa shape index (κ3) is 2.72. The molecule has 0 amide bonds. The number of hydrogen-bond donors (Lipinski definition) is 1. The minimum Gasteiger partial charge on any atom is -0.422 e. The van der Waals surface area contributed by atoms with Crippen molar-refractivity contribution in [2.45, 2.75) is 20.3 Å². The average Bonchev–Trinajstić information content (AvgIpc) is 2.34. The maximum atomic E-state index is 5.89. The molecule has 4 nitrogen and oxygen atoms in total. The molecule has 0 radical (unpaired) electrons. The quantitative estimate of drug-likeness (QED) is 0.822. The Hall–Kier alpha value is -2.10. The number of anilines is 1. The summed E-state index contributed by atoms with van der Waals surface area (Å²) in [6, 6.07) is 6.05. The van der Waals surface area contributed by atoms with E-state index in [2.05, 4.69) is 16.9 Å². The fraction of sp³-hybridized carbons (Fsp3) is 0.231. The maximum absolute atomic E-state index is 5.89. The fourth-order valence-corrected chi connectivity index (χ4v) is 1.44. The summed E-state index contributed by atoms with van der Waals surface area (Å²) >= 11 is 0. The van der Waals surface area contributed by atoms with Gasteiger partial charge in [-0.1, -0.05) is 13.0 Å². The molecule has 0 saturated carbocycles. The van der Waals surface area contributed by atoms with E-state index >= 15 is 0 Å². The van der Waals surface area contributed by atoms with Gasteiger partial charge in [-0.25, -0.2) is 9.97 Å². The number of nitrogens with two attached hydrogens (primary N) is 1. The molecular formula is C13H15N3O. The monoisotopic (exact) mass is 229 g/mol. The van der Waals surface area contributed by atoms with Crippen molar-refractivity contribution in [3.05, 3.63) is 41.7 Å². The van der Waals surface area contributed by atoms with Crippen LogP contribution in [0.5, 0.6) is 11.8 Å². The van der Waals surface area contributed by atoms with Gasteiger partial charge in [-0.2, -0.15) is 0 Å². The maximum Gasteiger partial charge on any atom is 0.321 e. The number of nitrogens with zero attached hydrogens (tertiary/aromatic N) is 2. The van der Waals surface area contributed by atoms with Gasteiger partial charge in [0.1, 0.15) is 0 Å². The first kappa shape index (κ1) is 11.4. The summed E-state index contributed by atoms with van der Waals surface area (Å²) < 4.78 is 5.52. The third-order valence-corrected chi connectivity index (χ3v) is 2.44. The van der Waals surface area contributed by atoms with E-state index in [-0.39, 0.29) is 0 Å². The van der Waals surface area contributed by atoms with Crippen LogP contribution in [-0.4, -0.2) is 9.97 Å². The predicted molar refractivity (Wildman–Crippen MR) is 67.1 cm³/mol. The second-order valence-corrected chi connectivity index (χ2v) is 3.87. The lowest BCUT2D eigenvalue weighted by Crippen LogP contribution is -1.96. The van der Waals surface area contributed by atoms with Crippen LogP contribution in [0.4, 0.5) is 5.69 Å². The first-order valence-corrected chi connectivity index (χ1v) is 5.54. The van der Waals surface area contributed by atoms with Gasteiger partial charge in [0.2, 0.25) is 0 Å². The van der Waals surface area contributed by atoms with Gasteiger partial charge in [0.15, 0.2) is 5.75 Å². The minimum atomic E-state index is 0.312. The van der Waals surface area contributed by atoms with Gasteiger partial charge in [0.25, 0.3) is 0 Å². The van der Waals surface area contributed by atoms with E-state index < -0.39 is 0 Å². The van der Waals surface area contributed by atoms with Crippen LogP contribution in [0, 0.1) is 6.92 Å². The Kier molecular flexibility index (Phi) is 3.23. The van der Waals surface area contributed by atoms with E-state index in [9.17, 15) is 0 Å². The van der Waals surface area contributed by atoms with E-state index in [1.807, 2.05) is 25.1 Å². The number of hydrogen-bond acceptors (Lipinski definition) is 4. The third-order valence-electron chi connectivity index (χ3n) is 2.44. The number of aryl methyl sites for hydroxylation is 2. The molecule has 2 N–H and O–H groups in total. The summed E-state index contributed by atoms with van der Waals surface area (Å²) in [7, 11) is 0. The van der Waals surface area contributed by atoms with Gasteiger partial charge in [-0.05, 0) is 36.6 Å². The second-order valence-electron chi connectivity index (χ2n) is 3.87. The largest absolute Gasteiger partial charge is 0.422 e. The Bertz CT molecular complexity index is 509. The number of ether oxygens (including phenoxy) is 1. The average molecular weight is 229 g/mol. The van der Waals surface area contributed by atoms with Gasteiger partial charge < -0.3 is 10.5 Å². The zero-order chi connectivity index (χ0) is 12.3. The van der Waals surface area contributed by atoms with E-state index in [4.69, 9.17) is 10.5 Å². The highest BCUT2D eigenvalue weighted by atomic mass is 16.5. The Morgan fingerprint density at radius 2 is 1.94 bits per heavy atom. The van der Waals surface area contributed by atoms with E-state index in [1.54, 1.807) is 12.4 Å². The minimum absolute atomic E-state index is 0.312. The first-order valence-electron chi connectivity index (χ1n) is 5.54. The van der Waals surface area contributed by atoms with Crippen LogP contribution in [0.25, 0.3) is 0 Å². The van der Waals surface area contributed by atoms with Gasteiger partial charge in [-0.3, -0.25) is 0 Å². The molecule has 0 bridgehead atoms. The molecule has 1 aromatic carbocycles. The lowest BCUT2D eigenvalue weighted by atomic mass is 10.1. The van der Waals surface area contributed by atoms with Crippen LogP contribution in [-0.2, 0) is 6.42 Å². The highest BCUT2D eigenvalue weighted by Gasteiger charge is 2.04. The highest BCUT2D eigenvalue weighted by molar-refractivity contribution is 5.55. The van der Waals surface area contributed by atoms with Crippen molar-refractivity contribution >= 4 is 5.69 Å².